The minimum atomic E-state index is -0.332. The first-order valence-corrected chi connectivity index (χ1v) is 9.97. The summed E-state index contributed by atoms with van der Waals surface area (Å²) in [4.78, 5) is 25.2. The van der Waals surface area contributed by atoms with Gasteiger partial charge in [0.1, 0.15) is 5.75 Å². The van der Waals surface area contributed by atoms with E-state index in [1.165, 1.54) is 0 Å². The first-order chi connectivity index (χ1) is 14.0. The van der Waals surface area contributed by atoms with Gasteiger partial charge < -0.3 is 9.47 Å². The van der Waals surface area contributed by atoms with Crippen molar-refractivity contribution in [2.45, 2.75) is 34.1 Å². The third-order valence-electron chi connectivity index (χ3n) is 4.46. The van der Waals surface area contributed by atoms with Crippen molar-refractivity contribution in [3.05, 3.63) is 64.3 Å². The lowest BCUT2D eigenvalue weighted by atomic mass is 10.1. The molecular weight excluding hydrogens is 390 g/mol. The van der Waals surface area contributed by atoms with Crippen molar-refractivity contribution in [1.82, 2.24) is 4.57 Å². The molecule has 1 aromatic heterocycles. The highest BCUT2D eigenvalue weighted by Crippen LogP contribution is 2.31. The maximum Gasteiger partial charge on any atom is 0.310 e. The summed E-state index contributed by atoms with van der Waals surface area (Å²) in [6.07, 6.45) is 0.0875. The third kappa shape index (κ3) is 4.80. The van der Waals surface area contributed by atoms with Crippen molar-refractivity contribution >= 4 is 34.4 Å². The summed E-state index contributed by atoms with van der Waals surface area (Å²) >= 11 is 5.93. The summed E-state index contributed by atoms with van der Waals surface area (Å²) in [6.45, 7) is 7.90. The average molecular weight is 416 g/mol. The number of aromatic nitrogens is 1. The summed E-state index contributed by atoms with van der Waals surface area (Å²) in [7, 11) is 1.58. The van der Waals surface area contributed by atoms with Gasteiger partial charge in [-0.3, -0.25) is 14.2 Å². The smallest absolute Gasteiger partial charge is 0.310 e. The van der Waals surface area contributed by atoms with E-state index < -0.39 is 0 Å². The first-order valence-electron chi connectivity index (χ1n) is 9.60. The molecule has 154 valence electrons. The van der Waals surface area contributed by atoms with Gasteiger partial charge in [0.15, 0.2) is 0 Å². The van der Waals surface area contributed by atoms with Crippen molar-refractivity contribution in [3.63, 3.8) is 0 Å². The second-order valence-electron chi connectivity index (χ2n) is 6.08. The Hall–Kier alpha value is -2.79. The number of benzene rings is 2. The molecule has 0 unspecified atom stereocenters. The van der Waals surface area contributed by atoms with Crippen molar-refractivity contribution in [2.24, 2.45) is 0 Å². The van der Waals surface area contributed by atoms with Gasteiger partial charge in [0.2, 0.25) is 0 Å². The van der Waals surface area contributed by atoms with Gasteiger partial charge in [0, 0.05) is 21.7 Å². The monoisotopic (exact) mass is 415 g/mol. The summed E-state index contributed by atoms with van der Waals surface area (Å²) < 4.78 is 12.0. The second-order valence-corrected chi connectivity index (χ2v) is 6.51. The van der Waals surface area contributed by atoms with Crippen LogP contribution in [0.2, 0.25) is 5.02 Å². The minimum absolute atomic E-state index is 0.0875. The molecule has 3 aromatic rings. The zero-order valence-electron chi connectivity index (χ0n) is 17.4. The van der Waals surface area contributed by atoms with Crippen molar-refractivity contribution < 1.29 is 19.1 Å². The quantitative estimate of drug-likeness (QED) is 0.521. The van der Waals surface area contributed by atoms with Gasteiger partial charge in [-0.05, 0) is 61.9 Å². The molecule has 0 saturated heterocycles. The van der Waals surface area contributed by atoms with Crippen LogP contribution < -0.4 is 4.74 Å². The molecule has 0 bridgehead atoms. The van der Waals surface area contributed by atoms with Gasteiger partial charge in [-0.25, -0.2) is 0 Å². The van der Waals surface area contributed by atoms with Crippen LogP contribution in [0.15, 0.2) is 42.5 Å². The Bertz CT molecular complexity index is 1010. The van der Waals surface area contributed by atoms with Crippen LogP contribution in [0.3, 0.4) is 0 Å². The molecule has 0 radical (unpaired) electrons. The Kier molecular flexibility index (Phi) is 7.85. The van der Waals surface area contributed by atoms with E-state index in [2.05, 4.69) is 0 Å². The molecular formula is C23H26ClNO4. The molecule has 0 amide bonds. The Morgan fingerprint density at radius 1 is 1.07 bits per heavy atom. The van der Waals surface area contributed by atoms with Gasteiger partial charge in [0.25, 0.3) is 5.91 Å². The summed E-state index contributed by atoms with van der Waals surface area (Å²) in [5, 5.41) is 1.36. The Morgan fingerprint density at radius 2 is 1.72 bits per heavy atom. The molecule has 0 aliphatic heterocycles. The van der Waals surface area contributed by atoms with Crippen molar-refractivity contribution in [3.8, 4) is 5.75 Å². The summed E-state index contributed by atoms with van der Waals surface area (Å²) in [5.74, 6) is 0.138. The predicted molar refractivity (Wildman–Crippen MR) is 116 cm³/mol. The fraction of sp³-hybridized carbons (Fsp3) is 0.304. The molecule has 1 heterocycles. The van der Waals surface area contributed by atoms with E-state index in [-0.39, 0.29) is 18.3 Å². The van der Waals surface area contributed by atoms with Crippen LogP contribution in [0.4, 0.5) is 0 Å². The number of halogens is 1. The molecule has 0 saturated carbocycles. The minimum Gasteiger partial charge on any atom is -0.497 e. The Balaban J connectivity index is 0.00000145. The van der Waals surface area contributed by atoms with E-state index in [9.17, 15) is 9.59 Å². The first kappa shape index (κ1) is 22.5. The highest BCUT2D eigenvalue weighted by Gasteiger charge is 2.22. The number of methoxy groups -OCH3 is 1. The Morgan fingerprint density at radius 3 is 2.31 bits per heavy atom. The largest absolute Gasteiger partial charge is 0.497 e. The van der Waals surface area contributed by atoms with Crippen LogP contribution in [-0.2, 0) is 16.0 Å². The Labute approximate surface area is 176 Å². The molecule has 29 heavy (non-hydrogen) atoms. The molecule has 0 aliphatic carbocycles. The van der Waals surface area contributed by atoms with Gasteiger partial charge >= 0.3 is 5.97 Å². The molecule has 2 aromatic carbocycles. The van der Waals surface area contributed by atoms with Crippen LogP contribution in [0.25, 0.3) is 10.9 Å². The molecule has 6 heteroatoms. The molecule has 0 atom stereocenters. The molecule has 0 N–H and O–H groups in total. The van der Waals surface area contributed by atoms with Crippen LogP contribution in [0, 0.1) is 6.92 Å². The van der Waals surface area contributed by atoms with Crippen LogP contribution >= 0.6 is 11.6 Å². The third-order valence-corrected chi connectivity index (χ3v) is 4.71. The molecule has 3 rings (SSSR count). The van der Waals surface area contributed by atoms with Crippen LogP contribution in [0.1, 0.15) is 42.4 Å². The number of carbonyl (C=O) groups is 2. The normalized spacial score (nSPS) is 10.3. The van der Waals surface area contributed by atoms with E-state index in [0.29, 0.717) is 34.2 Å². The molecule has 5 nitrogen and oxygen atoms in total. The lowest BCUT2D eigenvalue weighted by Gasteiger charge is -2.08. The maximum absolute atomic E-state index is 13.1. The lowest BCUT2D eigenvalue weighted by Crippen LogP contribution is -2.14. The highest BCUT2D eigenvalue weighted by molar-refractivity contribution is 6.30. The topological polar surface area (TPSA) is 57.5 Å². The number of hydrogen-bond donors (Lipinski definition) is 0. The van der Waals surface area contributed by atoms with Crippen molar-refractivity contribution in [2.75, 3.05) is 13.7 Å². The average Bonchev–Trinajstić information content (AvgIpc) is 3.00. The van der Waals surface area contributed by atoms with Crippen LogP contribution in [0.5, 0.6) is 5.75 Å². The summed E-state index contributed by atoms with van der Waals surface area (Å²) in [6, 6.07) is 12.2. The number of ether oxygens (including phenoxy) is 2. The fourth-order valence-corrected chi connectivity index (χ4v) is 3.28. The highest BCUT2D eigenvalue weighted by atomic mass is 35.5. The second kappa shape index (κ2) is 10.1. The predicted octanol–water partition coefficient (Wildman–Crippen LogP) is 5.43. The number of esters is 1. The number of nitrogens with zero attached hydrogens (tertiary/aromatic N) is 1. The number of fused-ring (bicyclic) bond motifs is 1. The van der Waals surface area contributed by atoms with Gasteiger partial charge in [0.05, 0.1) is 25.7 Å². The van der Waals surface area contributed by atoms with E-state index >= 15 is 0 Å². The maximum atomic E-state index is 13.1. The molecule has 0 fully saturated rings. The number of hydrogen-bond acceptors (Lipinski definition) is 4. The number of rotatable bonds is 5. The summed E-state index contributed by atoms with van der Waals surface area (Å²) in [5.41, 5.74) is 2.68. The molecule has 0 aliphatic rings. The van der Waals surface area contributed by atoms with E-state index in [1.807, 2.05) is 32.9 Å². The van der Waals surface area contributed by atoms with E-state index in [4.69, 9.17) is 21.1 Å². The van der Waals surface area contributed by atoms with E-state index in [0.717, 1.165) is 10.9 Å². The fourth-order valence-electron chi connectivity index (χ4n) is 3.15. The number of carbonyl (C=O) groups excluding carboxylic acids is 2. The standard InChI is InChI=1S/C21H20ClNO4.C2H6/c1-4-27-20(24)12-17-13(2)23(19-10-9-16(26-3)11-18(17)19)21(25)14-5-7-15(22)8-6-14;1-2/h5-11H,4,12H2,1-3H3;1-2H3. The zero-order valence-corrected chi connectivity index (χ0v) is 18.2. The van der Waals surface area contributed by atoms with Gasteiger partial charge in [-0.2, -0.15) is 0 Å². The van der Waals surface area contributed by atoms with Crippen molar-refractivity contribution in [1.29, 1.82) is 0 Å². The van der Waals surface area contributed by atoms with Crippen LogP contribution in [-0.4, -0.2) is 30.2 Å². The molecule has 0 spiro atoms. The zero-order chi connectivity index (χ0) is 21.6. The van der Waals surface area contributed by atoms with E-state index in [1.54, 1.807) is 48.9 Å². The van der Waals surface area contributed by atoms with Gasteiger partial charge in [-0.1, -0.05) is 25.4 Å². The lowest BCUT2D eigenvalue weighted by molar-refractivity contribution is -0.142. The van der Waals surface area contributed by atoms with Gasteiger partial charge in [-0.15, -0.1) is 0 Å². The SMILES string of the molecule is CC.CCOC(=O)Cc1c(C)n(C(=O)c2ccc(Cl)cc2)c2ccc(OC)cc12.